The lowest BCUT2D eigenvalue weighted by Crippen LogP contribution is -2.17. The molecule has 0 fully saturated rings. The van der Waals surface area contributed by atoms with Gasteiger partial charge in [-0.2, -0.15) is 0 Å². The predicted octanol–water partition coefficient (Wildman–Crippen LogP) is 2.66. The van der Waals surface area contributed by atoms with Crippen molar-refractivity contribution in [1.29, 1.82) is 0 Å². The van der Waals surface area contributed by atoms with Crippen molar-refractivity contribution in [3.63, 3.8) is 0 Å². The summed E-state index contributed by atoms with van der Waals surface area (Å²) in [6.07, 6.45) is -0.0521. The van der Waals surface area contributed by atoms with E-state index in [0.29, 0.717) is 33.5 Å². The molecule has 30 heavy (non-hydrogen) atoms. The van der Waals surface area contributed by atoms with Crippen LogP contribution >= 0.6 is 11.8 Å². The molecule has 0 spiro atoms. The molecule has 152 valence electrons. The molecule has 2 heterocycles. The first-order valence-electron chi connectivity index (χ1n) is 9.04. The van der Waals surface area contributed by atoms with Gasteiger partial charge in [0, 0.05) is 7.05 Å². The molecule has 10 heteroatoms. The van der Waals surface area contributed by atoms with E-state index in [0.717, 1.165) is 0 Å². The summed E-state index contributed by atoms with van der Waals surface area (Å²) < 4.78 is 15.4. The smallest absolute Gasteiger partial charge is 0.258 e. The molecule has 4 rings (SSSR count). The second-order valence-electron chi connectivity index (χ2n) is 6.48. The molecule has 2 N–H and O–H groups in total. The van der Waals surface area contributed by atoms with Gasteiger partial charge in [-0.05, 0) is 24.3 Å². The van der Waals surface area contributed by atoms with E-state index < -0.39 is 11.7 Å². The standard InChI is InChI=1S/C20H17FN6O2S/c1-27-17(10-18(28)23-15-9-5-3-7-13(15)21)25-26-20(27)30-11-16-22-14-8-4-2-6-12(14)19(29)24-16/h2-9H,10-11H2,1H3,(H,23,28)(H,22,24,29). The summed E-state index contributed by atoms with van der Waals surface area (Å²) in [6.45, 7) is 0. The highest BCUT2D eigenvalue weighted by molar-refractivity contribution is 7.98. The minimum absolute atomic E-state index is 0.0521. The van der Waals surface area contributed by atoms with E-state index >= 15 is 0 Å². The van der Waals surface area contributed by atoms with Crippen molar-refractivity contribution in [2.45, 2.75) is 17.3 Å². The number of hydrogen-bond acceptors (Lipinski definition) is 6. The molecule has 2 aromatic heterocycles. The maximum Gasteiger partial charge on any atom is 0.258 e. The van der Waals surface area contributed by atoms with Gasteiger partial charge in [0.25, 0.3) is 5.56 Å². The molecule has 4 aromatic rings. The lowest BCUT2D eigenvalue weighted by Gasteiger charge is -2.06. The van der Waals surface area contributed by atoms with Crippen molar-refractivity contribution < 1.29 is 9.18 Å². The number of rotatable bonds is 6. The molecular formula is C20H17FN6O2S. The zero-order valence-corrected chi connectivity index (χ0v) is 16.7. The molecule has 0 saturated carbocycles. The molecule has 0 saturated heterocycles. The van der Waals surface area contributed by atoms with Crippen LogP contribution in [0.2, 0.25) is 0 Å². The van der Waals surface area contributed by atoms with Gasteiger partial charge in [-0.25, -0.2) is 9.37 Å². The van der Waals surface area contributed by atoms with Crippen LogP contribution in [0.3, 0.4) is 0 Å². The van der Waals surface area contributed by atoms with E-state index in [4.69, 9.17) is 0 Å². The third kappa shape index (κ3) is 4.23. The summed E-state index contributed by atoms with van der Waals surface area (Å²) in [4.78, 5) is 31.6. The van der Waals surface area contributed by atoms with Crippen LogP contribution in [0.5, 0.6) is 0 Å². The van der Waals surface area contributed by atoms with E-state index in [2.05, 4.69) is 25.5 Å². The Balaban J connectivity index is 1.43. The number of anilines is 1. The fraction of sp³-hybridized carbons (Fsp3) is 0.150. The summed E-state index contributed by atoms with van der Waals surface area (Å²) in [5.74, 6) is 0.439. The average Bonchev–Trinajstić information content (AvgIpc) is 3.07. The van der Waals surface area contributed by atoms with Gasteiger partial charge in [0.2, 0.25) is 5.91 Å². The molecule has 0 bridgehead atoms. The summed E-state index contributed by atoms with van der Waals surface area (Å²) in [6, 6.07) is 13.1. The first-order chi connectivity index (χ1) is 14.5. The molecule has 1 amide bonds. The number of halogens is 1. The monoisotopic (exact) mass is 424 g/mol. The van der Waals surface area contributed by atoms with E-state index in [-0.39, 0.29) is 17.7 Å². The van der Waals surface area contributed by atoms with Crippen LogP contribution in [0.25, 0.3) is 10.9 Å². The number of para-hydroxylation sites is 2. The van der Waals surface area contributed by atoms with Gasteiger partial charge in [0.05, 0.1) is 28.8 Å². The molecule has 0 radical (unpaired) electrons. The summed E-state index contributed by atoms with van der Waals surface area (Å²) >= 11 is 1.34. The molecule has 0 aliphatic rings. The number of amides is 1. The maximum atomic E-state index is 13.7. The predicted molar refractivity (Wildman–Crippen MR) is 112 cm³/mol. The van der Waals surface area contributed by atoms with Gasteiger partial charge >= 0.3 is 0 Å². The second kappa shape index (κ2) is 8.46. The van der Waals surface area contributed by atoms with Crippen molar-refractivity contribution in [1.82, 2.24) is 24.7 Å². The number of carbonyl (C=O) groups excluding carboxylic acids is 1. The Morgan fingerprint density at radius 1 is 1.17 bits per heavy atom. The first-order valence-corrected chi connectivity index (χ1v) is 10.0. The SMILES string of the molecule is Cn1c(CC(=O)Nc2ccccc2F)nnc1SCc1nc2ccccc2c(=O)[nH]1. The molecule has 0 atom stereocenters. The first kappa shape index (κ1) is 19.8. The van der Waals surface area contributed by atoms with Crippen LogP contribution in [-0.4, -0.2) is 30.6 Å². The summed E-state index contributed by atoms with van der Waals surface area (Å²) in [7, 11) is 1.74. The maximum absolute atomic E-state index is 13.7. The highest BCUT2D eigenvalue weighted by atomic mass is 32.2. The van der Waals surface area contributed by atoms with Gasteiger partial charge in [-0.1, -0.05) is 36.0 Å². The van der Waals surface area contributed by atoms with E-state index in [1.165, 1.54) is 23.9 Å². The summed E-state index contributed by atoms with van der Waals surface area (Å²) in [5.41, 5.74) is 0.547. The van der Waals surface area contributed by atoms with Crippen molar-refractivity contribution in [3.8, 4) is 0 Å². The number of nitrogens with zero attached hydrogens (tertiary/aromatic N) is 4. The van der Waals surface area contributed by atoms with Gasteiger partial charge in [-0.15, -0.1) is 10.2 Å². The molecule has 8 nitrogen and oxygen atoms in total. The Hall–Kier alpha value is -3.53. The lowest BCUT2D eigenvalue weighted by atomic mass is 10.2. The number of H-pyrrole nitrogens is 1. The minimum Gasteiger partial charge on any atom is -0.323 e. The Morgan fingerprint density at radius 3 is 2.77 bits per heavy atom. The molecule has 0 aliphatic carbocycles. The fourth-order valence-electron chi connectivity index (χ4n) is 2.86. The van der Waals surface area contributed by atoms with Crippen molar-refractivity contribution in [3.05, 3.63) is 76.4 Å². The zero-order valence-electron chi connectivity index (χ0n) is 15.9. The minimum atomic E-state index is -0.503. The second-order valence-corrected chi connectivity index (χ2v) is 7.42. The molecule has 0 aliphatic heterocycles. The third-order valence-corrected chi connectivity index (χ3v) is 5.42. The number of hydrogen-bond donors (Lipinski definition) is 2. The van der Waals surface area contributed by atoms with Crippen LogP contribution in [0.4, 0.5) is 10.1 Å². The number of aromatic amines is 1. The fourth-order valence-corrected chi connectivity index (χ4v) is 3.66. The normalized spacial score (nSPS) is 11.0. The number of nitrogens with one attached hydrogen (secondary N) is 2. The van der Waals surface area contributed by atoms with Gasteiger partial charge in [0.15, 0.2) is 5.16 Å². The van der Waals surface area contributed by atoms with Gasteiger partial charge < -0.3 is 14.9 Å². The Kier molecular flexibility index (Phi) is 5.57. The number of benzene rings is 2. The molecule has 0 unspecified atom stereocenters. The van der Waals surface area contributed by atoms with Crippen LogP contribution in [0.15, 0.2) is 58.5 Å². The lowest BCUT2D eigenvalue weighted by molar-refractivity contribution is -0.115. The van der Waals surface area contributed by atoms with Gasteiger partial charge in [0.1, 0.15) is 17.5 Å². The highest BCUT2D eigenvalue weighted by Gasteiger charge is 2.15. The zero-order chi connectivity index (χ0) is 21.1. The van der Waals surface area contributed by atoms with Crippen molar-refractivity contribution in [2.24, 2.45) is 7.05 Å². The van der Waals surface area contributed by atoms with Gasteiger partial charge in [-0.3, -0.25) is 9.59 Å². The molecule has 2 aromatic carbocycles. The number of aromatic nitrogens is 5. The van der Waals surface area contributed by atoms with Crippen LogP contribution in [-0.2, 0) is 24.0 Å². The highest BCUT2D eigenvalue weighted by Crippen LogP contribution is 2.20. The largest absolute Gasteiger partial charge is 0.323 e. The third-order valence-electron chi connectivity index (χ3n) is 4.39. The Morgan fingerprint density at radius 2 is 1.93 bits per heavy atom. The summed E-state index contributed by atoms with van der Waals surface area (Å²) in [5, 5.41) is 11.8. The average molecular weight is 424 g/mol. The van der Waals surface area contributed by atoms with Crippen molar-refractivity contribution >= 4 is 34.3 Å². The Labute approximate surface area is 174 Å². The quantitative estimate of drug-likeness (QED) is 0.461. The topological polar surface area (TPSA) is 106 Å². The van der Waals surface area contributed by atoms with E-state index in [1.807, 2.05) is 6.07 Å². The van der Waals surface area contributed by atoms with E-state index in [9.17, 15) is 14.0 Å². The van der Waals surface area contributed by atoms with Crippen LogP contribution in [0.1, 0.15) is 11.6 Å². The van der Waals surface area contributed by atoms with Crippen LogP contribution < -0.4 is 10.9 Å². The van der Waals surface area contributed by atoms with E-state index in [1.54, 1.807) is 41.9 Å². The van der Waals surface area contributed by atoms with Crippen molar-refractivity contribution in [2.75, 3.05) is 5.32 Å². The number of thioether (sulfide) groups is 1. The van der Waals surface area contributed by atoms with Crippen LogP contribution in [0, 0.1) is 5.82 Å². The number of carbonyl (C=O) groups is 1. The number of fused-ring (bicyclic) bond motifs is 1. The molecular weight excluding hydrogens is 407 g/mol. The Bertz CT molecular complexity index is 1290.